The number of nitrogens with one attached hydrogen (secondary N) is 1. The van der Waals surface area contributed by atoms with Crippen molar-refractivity contribution < 1.29 is 5.11 Å². The number of rotatable bonds is 5. The molecule has 1 atom stereocenters. The highest BCUT2D eigenvalue weighted by Gasteiger charge is 2.21. The average Bonchev–Trinajstić information content (AvgIpc) is 2.49. The second-order valence-electron chi connectivity index (χ2n) is 4.41. The van der Waals surface area contributed by atoms with E-state index in [1.165, 1.54) is 0 Å². The van der Waals surface area contributed by atoms with Crippen LogP contribution < -0.4 is 5.32 Å². The molecule has 86 valence electrons. The Morgan fingerprint density at radius 2 is 2.27 bits per heavy atom. The van der Waals surface area contributed by atoms with Crippen LogP contribution in [0.1, 0.15) is 26.6 Å². The maximum absolute atomic E-state index is 9.69. The first kappa shape index (κ1) is 12.1. The molecule has 15 heavy (non-hydrogen) atoms. The summed E-state index contributed by atoms with van der Waals surface area (Å²) in [6.45, 7) is 6.33. The lowest BCUT2D eigenvalue weighted by Gasteiger charge is -2.26. The van der Waals surface area contributed by atoms with Crippen LogP contribution in [-0.2, 0) is 13.5 Å². The van der Waals surface area contributed by atoms with Crippen LogP contribution in [0.5, 0.6) is 0 Å². The van der Waals surface area contributed by atoms with Gasteiger partial charge < -0.3 is 10.4 Å². The number of hydrogen-bond donors (Lipinski definition) is 2. The van der Waals surface area contributed by atoms with Crippen molar-refractivity contribution in [1.82, 2.24) is 20.1 Å². The minimum Gasteiger partial charge on any atom is -0.389 e. The summed E-state index contributed by atoms with van der Waals surface area (Å²) in [5.74, 6) is 0.827. The SMILES string of the molecule is CC(NCCc1ncn(C)n1)C(C)(C)O. The number of aromatic nitrogens is 3. The highest BCUT2D eigenvalue weighted by Crippen LogP contribution is 2.06. The topological polar surface area (TPSA) is 63.0 Å². The van der Waals surface area contributed by atoms with E-state index < -0.39 is 5.60 Å². The Bertz CT molecular complexity index is 303. The van der Waals surface area contributed by atoms with E-state index in [4.69, 9.17) is 0 Å². The fourth-order valence-corrected chi connectivity index (χ4v) is 1.15. The van der Waals surface area contributed by atoms with Gasteiger partial charge in [0, 0.05) is 26.1 Å². The Kier molecular flexibility index (Phi) is 3.82. The number of aryl methyl sites for hydroxylation is 1. The lowest BCUT2D eigenvalue weighted by molar-refractivity contribution is 0.0446. The van der Waals surface area contributed by atoms with Gasteiger partial charge in [-0.2, -0.15) is 5.10 Å². The van der Waals surface area contributed by atoms with E-state index in [0.717, 1.165) is 18.8 Å². The largest absolute Gasteiger partial charge is 0.389 e. The van der Waals surface area contributed by atoms with E-state index in [0.29, 0.717) is 0 Å². The summed E-state index contributed by atoms with van der Waals surface area (Å²) in [7, 11) is 1.85. The molecule has 1 heterocycles. The van der Waals surface area contributed by atoms with Crippen LogP contribution in [0.2, 0.25) is 0 Å². The van der Waals surface area contributed by atoms with Crippen LogP contribution in [0.15, 0.2) is 6.33 Å². The molecule has 5 nitrogen and oxygen atoms in total. The van der Waals surface area contributed by atoms with Crippen LogP contribution in [-0.4, -0.2) is 38.1 Å². The Labute approximate surface area is 90.5 Å². The molecule has 5 heteroatoms. The Morgan fingerprint density at radius 3 is 2.73 bits per heavy atom. The predicted octanol–water partition coefficient (Wildman–Crippen LogP) is 0.107. The quantitative estimate of drug-likeness (QED) is 0.727. The molecule has 0 aliphatic heterocycles. The third-order valence-corrected chi connectivity index (χ3v) is 2.51. The summed E-state index contributed by atoms with van der Waals surface area (Å²) in [5, 5.41) is 17.1. The molecule has 1 unspecified atom stereocenters. The van der Waals surface area contributed by atoms with Gasteiger partial charge in [-0.05, 0) is 20.8 Å². The first-order valence-electron chi connectivity index (χ1n) is 5.20. The molecule has 0 spiro atoms. The van der Waals surface area contributed by atoms with Gasteiger partial charge >= 0.3 is 0 Å². The predicted molar refractivity (Wildman–Crippen MR) is 58.5 cm³/mol. The van der Waals surface area contributed by atoms with E-state index in [9.17, 15) is 5.11 Å². The van der Waals surface area contributed by atoms with Gasteiger partial charge in [0.1, 0.15) is 6.33 Å². The Balaban J connectivity index is 2.28. The third-order valence-electron chi connectivity index (χ3n) is 2.51. The van der Waals surface area contributed by atoms with Gasteiger partial charge in [0.05, 0.1) is 5.60 Å². The van der Waals surface area contributed by atoms with Gasteiger partial charge in [0.25, 0.3) is 0 Å². The van der Waals surface area contributed by atoms with Gasteiger partial charge in [-0.1, -0.05) is 0 Å². The van der Waals surface area contributed by atoms with Crippen molar-refractivity contribution in [2.24, 2.45) is 7.05 Å². The van der Waals surface area contributed by atoms with Crippen LogP contribution in [0.4, 0.5) is 0 Å². The van der Waals surface area contributed by atoms with E-state index >= 15 is 0 Å². The molecule has 0 aliphatic rings. The van der Waals surface area contributed by atoms with E-state index in [1.807, 2.05) is 14.0 Å². The fourth-order valence-electron chi connectivity index (χ4n) is 1.15. The summed E-state index contributed by atoms with van der Waals surface area (Å²) in [4.78, 5) is 4.12. The van der Waals surface area contributed by atoms with Gasteiger partial charge in [-0.3, -0.25) is 4.68 Å². The second-order valence-corrected chi connectivity index (χ2v) is 4.41. The van der Waals surface area contributed by atoms with Crippen molar-refractivity contribution in [3.05, 3.63) is 12.2 Å². The van der Waals surface area contributed by atoms with Gasteiger partial charge in [-0.15, -0.1) is 0 Å². The molecule has 0 saturated carbocycles. The molecule has 1 rings (SSSR count). The first-order chi connectivity index (χ1) is 6.89. The van der Waals surface area contributed by atoms with Crippen molar-refractivity contribution in [2.45, 2.75) is 38.8 Å². The fraction of sp³-hybridized carbons (Fsp3) is 0.800. The molecule has 1 aromatic heterocycles. The third kappa shape index (κ3) is 3.97. The maximum atomic E-state index is 9.69. The minimum absolute atomic E-state index is 0.0567. The highest BCUT2D eigenvalue weighted by molar-refractivity contribution is 4.85. The summed E-state index contributed by atoms with van der Waals surface area (Å²) in [6.07, 6.45) is 2.47. The van der Waals surface area contributed by atoms with E-state index in [2.05, 4.69) is 15.4 Å². The molecule has 2 N–H and O–H groups in total. The standard InChI is InChI=1S/C10H20N4O/c1-8(10(2,3)15)11-6-5-9-12-7-14(4)13-9/h7-8,11,15H,5-6H2,1-4H3. The van der Waals surface area contributed by atoms with Crippen molar-refractivity contribution in [3.63, 3.8) is 0 Å². The minimum atomic E-state index is -0.697. The molecule has 0 bridgehead atoms. The Hall–Kier alpha value is -0.940. The van der Waals surface area contributed by atoms with Crippen LogP contribution in [0, 0.1) is 0 Å². The van der Waals surface area contributed by atoms with Crippen LogP contribution in [0.25, 0.3) is 0 Å². The van der Waals surface area contributed by atoms with E-state index in [1.54, 1.807) is 24.9 Å². The van der Waals surface area contributed by atoms with Gasteiger partial charge in [-0.25, -0.2) is 4.98 Å². The highest BCUT2D eigenvalue weighted by atomic mass is 16.3. The summed E-state index contributed by atoms with van der Waals surface area (Å²) in [5.41, 5.74) is -0.697. The summed E-state index contributed by atoms with van der Waals surface area (Å²) < 4.78 is 1.69. The first-order valence-corrected chi connectivity index (χ1v) is 5.20. The molecular weight excluding hydrogens is 192 g/mol. The number of aliphatic hydroxyl groups is 1. The lowest BCUT2D eigenvalue weighted by Crippen LogP contribution is -2.45. The monoisotopic (exact) mass is 212 g/mol. The molecule has 0 amide bonds. The molecule has 1 aromatic rings. The van der Waals surface area contributed by atoms with Crippen LogP contribution >= 0.6 is 0 Å². The average molecular weight is 212 g/mol. The second kappa shape index (κ2) is 4.72. The van der Waals surface area contributed by atoms with Crippen molar-refractivity contribution in [3.8, 4) is 0 Å². The summed E-state index contributed by atoms with van der Waals surface area (Å²) >= 11 is 0. The molecule has 0 aromatic carbocycles. The molecule has 0 saturated heterocycles. The molecule has 0 radical (unpaired) electrons. The van der Waals surface area contributed by atoms with Crippen LogP contribution in [0.3, 0.4) is 0 Å². The van der Waals surface area contributed by atoms with Crippen molar-refractivity contribution in [2.75, 3.05) is 6.54 Å². The summed E-state index contributed by atoms with van der Waals surface area (Å²) in [6, 6.07) is 0.0567. The van der Waals surface area contributed by atoms with Gasteiger partial charge in [0.2, 0.25) is 0 Å². The zero-order valence-corrected chi connectivity index (χ0v) is 9.86. The molecular formula is C10H20N4O. The molecule has 0 fully saturated rings. The van der Waals surface area contributed by atoms with Gasteiger partial charge in [0.15, 0.2) is 5.82 Å². The Morgan fingerprint density at radius 1 is 1.60 bits per heavy atom. The normalized spacial score (nSPS) is 14.2. The maximum Gasteiger partial charge on any atom is 0.151 e. The van der Waals surface area contributed by atoms with Crippen molar-refractivity contribution >= 4 is 0 Å². The molecule has 0 aliphatic carbocycles. The lowest BCUT2D eigenvalue weighted by atomic mass is 10.0. The number of nitrogens with zero attached hydrogens (tertiary/aromatic N) is 3. The number of hydrogen-bond acceptors (Lipinski definition) is 4. The zero-order chi connectivity index (χ0) is 11.5. The zero-order valence-electron chi connectivity index (χ0n) is 9.86. The van der Waals surface area contributed by atoms with Crippen molar-refractivity contribution in [1.29, 1.82) is 0 Å². The smallest absolute Gasteiger partial charge is 0.151 e. The van der Waals surface area contributed by atoms with E-state index in [-0.39, 0.29) is 6.04 Å².